The Morgan fingerprint density at radius 2 is 1.41 bits per heavy atom. The van der Waals surface area contributed by atoms with Crippen molar-refractivity contribution in [2.24, 2.45) is 4.76 Å². The van der Waals surface area contributed by atoms with Crippen LogP contribution in [0.3, 0.4) is 0 Å². The molecule has 0 spiro atoms. The van der Waals surface area contributed by atoms with Crippen LogP contribution in [0, 0.1) is 0 Å². The Bertz CT molecular complexity index is 952. The summed E-state index contributed by atoms with van der Waals surface area (Å²) in [5.74, 6) is 0.246. The molecule has 1 atom stereocenters. The molecule has 0 saturated carbocycles. The lowest BCUT2D eigenvalue weighted by molar-refractivity contribution is 0.587. The van der Waals surface area contributed by atoms with Crippen molar-refractivity contribution in [3.8, 4) is 0 Å². The minimum Gasteiger partial charge on any atom is -0.288 e. The Labute approximate surface area is 161 Å². The van der Waals surface area contributed by atoms with Crippen LogP contribution < -0.4 is 10.6 Å². The lowest BCUT2D eigenvalue weighted by Crippen LogP contribution is -2.20. The standard InChI is InChI=1S/C24H24NOP/c1-19(23-18-10-12-20-11-8-9-17-24(20)23)25-27(26,21-13-4-2-5-14-21)22-15-6-3-7-16-22/h2-9,11,13-17,23H,10,12,18H2,1H3/b25-19+. The summed E-state index contributed by atoms with van der Waals surface area (Å²) in [6.07, 6.45) is 3.33. The van der Waals surface area contributed by atoms with Crippen molar-refractivity contribution < 1.29 is 4.57 Å². The molecule has 0 radical (unpaired) electrons. The average Bonchev–Trinajstić information content (AvgIpc) is 2.74. The summed E-state index contributed by atoms with van der Waals surface area (Å²) in [5.41, 5.74) is 3.72. The van der Waals surface area contributed by atoms with Crippen LogP contribution in [0.25, 0.3) is 0 Å². The molecule has 2 nitrogen and oxygen atoms in total. The van der Waals surface area contributed by atoms with E-state index in [-0.39, 0.29) is 5.92 Å². The molecule has 0 aliphatic heterocycles. The molecule has 136 valence electrons. The molecular weight excluding hydrogens is 349 g/mol. The van der Waals surface area contributed by atoms with E-state index in [2.05, 4.69) is 24.3 Å². The fourth-order valence-electron chi connectivity index (χ4n) is 4.00. The molecule has 1 aliphatic rings. The number of hydrogen-bond acceptors (Lipinski definition) is 1. The molecule has 0 bridgehead atoms. The van der Waals surface area contributed by atoms with Crippen LogP contribution in [0.15, 0.2) is 89.7 Å². The first kappa shape index (κ1) is 17.9. The van der Waals surface area contributed by atoms with Gasteiger partial charge in [-0.2, -0.15) is 0 Å². The molecule has 0 fully saturated rings. The van der Waals surface area contributed by atoms with Crippen molar-refractivity contribution in [2.75, 3.05) is 0 Å². The lowest BCUT2D eigenvalue weighted by atomic mass is 9.81. The molecule has 1 unspecified atom stereocenters. The summed E-state index contributed by atoms with van der Waals surface area (Å²) in [4.78, 5) is 0. The minimum absolute atomic E-state index is 0.246. The highest BCUT2D eigenvalue weighted by Gasteiger charge is 2.29. The smallest absolute Gasteiger partial charge is 0.247 e. The van der Waals surface area contributed by atoms with E-state index in [0.29, 0.717) is 0 Å². The lowest BCUT2D eigenvalue weighted by Gasteiger charge is -2.26. The van der Waals surface area contributed by atoms with Crippen LogP contribution >= 0.6 is 7.29 Å². The molecule has 1 aliphatic carbocycles. The van der Waals surface area contributed by atoms with Crippen LogP contribution in [0.2, 0.25) is 0 Å². The second-order valence-electron chi connectivity index (χ2n) is 7.13. The molecule has 0 N–H and O–H groups in total. The van der Waals surface area contributed by atoms with Crippen molar-refractivity contribution in [2.45, 2.75) is 32.1 Å². The minimum atomic E-state index is -3.07. The van der Waals surface area contributed by atoms with Crippen LogP contribution in [0.1, 0.15) is 36.8 Å². The maximum absolute atomic E-state index is 14.2. The monoisotopic (exact) mass is 373 g/mol. The van der Waals surface area contributed by atoms with E-state index in [1.807, 2.05) is 67.6 Å². The Hall–Kier alpha value is -2.44. The van der Waals surface area contributed by atoms with Gasteiger partial charge in [0.15, 0.2) is 0 Å². The van der Waals surface area contributed by atoms with Crippen molar-refractivity contribution in [1.82, 2.24) is 0 Å². The van der Waals surface area contributed by atoms with E-state index >= 15 is 0 Å². The van der Waals surface area contributed by atoms with Crippen LogP contribution in [-0.4, -0.2) is 5.71 Å². The fourth-order valence-corrected chi connectivity index (χ4v) is 6.27. The van der Waals surface area contributed by atoms with Gasteiger partial charge in [0.05, 0.1) is 0 Å². The third-order valence-electron chi connectivity index (χ3n) is 5.38. The van der Waals surface area contributed by atoms with Gasteiger partial charge in [-0.05, 0) is 61.6 Å². The molecular formula is C24H24NOP. The average molecular weight is 373 g/mol. The molecule has 0 heterocycles. The van der Waals surface area contributed by atoms with Gasteiger partial charge < -0.3 is 0 Å². The second kappa shape index (κ2) is 7.66. The Balaban J connectivity index is 1.82. The summed E-state index contributed by atoms with van der Waals surface area (Å²) in [5, 5.41) is 1.58. The van der Waals surface area contributed by atoms with Crippen molar-refractivity contribution in [3.05, 3.63) is 96.1 Å². The van der Waals surface area contributed by atoms with E-state index < -0.39 is 7.29 Å². The third kappa shape index (κ3) is 3.55. The predicted octanol–water partition coefficient (Wildman–Crippen LogP) is 5.50. The highest BCUT2D eigenvalue weighted by Crippen LogP contribution is 2.47. The highest BCUT2D eigenvalue weighted by molar-refractivity contribution is 7.77. The Morgan fingerprint density at radius 3 is 2.04 bits per heavy atom. The maximum atomic E-state index is 14.2. The van der Waals surface area contributed by atoms with Crippen LogP contribution in [0.5, 0.6) is 0 Å². The van der Waals surface area contributed by atoms with Gasteiger partial charge >= 0.3 is 0 Å². The van der Waals surface area contributed by atoms with Gasteiger partial charge in [-0.3, -0.25) is 4.57 Å². The van der Waals surface area contributed by atoms with Gasteiger partial charge in [0.2, 0.25) is 7.29 Å². The number of aryl methyl sites for hydroxylation is 1. The third-order valence-corrected chi connectivity index (χ3v) is 7.98. The normalized spacial score (nSPS) is 17.4. The van der Waals surface area contributed by atoms with Crippen LogP contribution in [-0.2, 0) is 11.0 Å². The molecule has 0 amide bonds. The number of rotatable bonds is 4. The zero-order chi connectivity index (χ0) is 18.7. The van der Waals surface area contributed by atoms with E-state index in [0.717, 1.165) is 35.6 Å². The van der Waals surface area contributed by atoms with Gasteiger partial charge in [0.25, 0.3) is 0 Å². The number of fused-ring (bicyclic) bond motifs is 1. The highest BCUT2D eigenvalue weighted by atomic mass is 31.2. The second-order valence-corrected chi connectivity index (χ2v) is 9.52. The first-order valence-corrected chi connectivity index (χ1v) is 11.2. The van der Waals surface area contributed by atoms with Crippen molar-refractivity contribution in [3.63, 3.8) is 0 Å². The molecule has 27 heavy (non-hydrogen) atoms. The molecule has 4 rings (SSSR count). The van der Waals surface area contributed by atoms with Gasteiger partial charge in [-0.1, -0.05) is 60.7 Å². The van der Waals surface area contributed by atoms with Gasteiger partial charge in [-0.15, -0.1) is 0 Å². The van der Waals surface area contributed by atoms with E-state index in [1.165, 1.54) is 11.1 Å². The molecule has 0 saturated heterocycles. The quantitative estimate of drug-likeness (QED) is 0.439. The maximum Gasteiger partial charge on any atom is 0.247 e. The summed E-state index contributed by atoms with van der Waals surface area (Å²) < 4.78 is 19.1. The van der Waals surface area contributed by atoms with E-state index in [1.54, 1.807) is 0 Å². The summed E-state index contributed by atoms with van der Waals surface area (Å²) in [6.45, 7) is 2.05. The van der Waals surface area contributed by atoms with Crippen molar-refractivity contribution >= 4 is 23.6 Å². The van der Waals surface area contributed by atoms with Gasteiger partial charge in [0, 0.05) is 22.2 Å². The number of nitrogens with zero attached hydrogens (tertiary/aromatic N) is 1. The Kier molecular flexibility index (Phi) is 5.09. The fraction of sp³-hybridized carbons (Fsp3) is 0.208. The molecule has 3 aromatic carbocycles. The first-order chi connectivity index (χ1) is 13.2. The molecule has 0 aromatic heterocycles. The largest absolute Gasteiger partial charge is 0.288 e. The van der Waals surface area contributed by atoms with Crippen LogP contribution in [0.4, 0.5) is 0 Å². The molecule has 3 heteroatoms. The van der Waals surface area contributed by atoms with E-state index in [9.17, 15) is 4.57 Å². The summed E-state index contributed by atoms with van der Waals surface area (Å²) in [6, 6.07) is 28.0. The topological polar surface area (TPSA) is 29.4 Å². The van der Waals surface area contributed by atoms with Gasteiger partial charge in [0.1, 0.15) is 0 Å². The predicted molar refractivity (Wildman–Crippen MR) is 115 cm³/mol. The van der Waals surface area contributed by atoms with E-state index in [4.69, 9.17) is 4.76 Å². The van der Waals surface area contributed by atoms with Crippen molar-refractivity contribution in [1.29, 1.82) is 0 Å². The number of hydrogen-bond donors (Lipinski definition) is 0. The summed E-state index contributed by atoms with van der Waals surface area (Å²) in [7, 11) is -3.07. The SMILES string of the molecule is C/C(=N\P(=O)(c1ccccc1)c1ccccc1)C1CCCc2ccccc21. The first-order valence-electron chi connectivity index (χ1n) is 9.54. The zero-order valence-corrected chi connectivity index (χ0v) is 16.5. The number of benzene rings is 3. The van der Waals surface area contributed by atoms with Gasteiger partial charge in [-0.25, -0.2) is 4.76 Å². The zero-order valence-electron chi connectivity index (χ0n) is 15.6. The summed E-state index contributed by atoms with van der Waals surface area (Å²) >= 11 is 0. The Morgan fingerprint density at radius 1 is 0.852 bits per heavy atom. The molecule has 3 aromatic rings.